The highest BCUT2D eigenvalue weighted by molar-refractivity contribution is 6.07. The van der Waals surface area contributed by atoms with Crippen LogP contribution in [0.4, 0.5) is 0 Å². The summed E-state index contributed by atoms with van der Waals surface area (Å²) in [5, 5.41) is 5.79. The van der Waals surface area contributed by atoms with Crippen LogP contribution in [0.15, 0.2) is 0 Å². The van der Waals surface area contributed by atoms with E-state index in [0.29, 0.717) is 37.8 Å². The van der Waals surface area contributed by atoms with Gasteiger partial charge in [0.1, 0.15) is 5.41 Å². The number of hydrogen-bond donors (Lipinski definition) is 2. The molecule has 4 nitrogen and oxygen atoms in total. The Hall–Kier alpha value is -1.06. The van der Waals surface area contributed by atoms with E-state index in [1.54, 1.807) is 0 Å². The lowest BCUT2D eigenvalue weighted by Gasteiger charge is -2.16. The average Bonchev–Trinajstić information content (AvgIpc) is 3.08. The highest BCUT2D eigenvalue weighted by Crippen LogP contribution is 2.46. The molecular weight excluding hydrogens is 240 g/mol. The molecule has 19 heavy (non-hydrogen) atoms. The molecule has 0 spiro atoms. The van der Waals surface area contributed by atoms with Gasteiger partial charge >= 0.3 is 0 Å². The summed E-state index contributed by atoms with van der Waals surface area (Å²) in [7, 11) is 0. The quantitative estimate of drug-likeness (QED) is 0.662. The van der Waals surface area contributed by atoms with Crippen LogP contribution in [0.3, 0.4) is 0 Å². The van der Waals surface area contributed by atoms with Crippen molar-refractivity contribution in [3.8, 4) is 0 Å². The Balaban J connectivity index is 2.34. The number of nitrogens with one attached hydrogen (secondary N) is 2. The van der Waals surface area contributed by atoms with E-state index in [1.165, 1.54) is 0 Å². The molecule has 1 aliphatic carbocycles. The van der Waals surface area contributed by atoms with E-state index in [-0.39, 0.29) is 11.8 Å². The summed E-state index contributed by atoms with van der Waals surface area (Å²) in [6.45, 7) is 9.82. The third-order valence-electron chi connectivity index (χ3n) is 3.63. The molecule has 0 bridgehead atoms. The van der Waals surface area contributed by atoms with Gasteiger partial charge in [0.2, 0.25) is 11.8 Å². The number of amides is 2. The molecule has 2 amide bonds. The molecule has 0 unspecified atom stereocenters. The normalized spacial score (nSPS) is 16.5. The first-order chi connectivity index (χ1) is 8.88. The lowest BCUT2D eigenvalue weighted by molar-refractivity contribution is -0.137. The molecule has 1 aliphatic rings. The SMILES string of the molecule is CC(C)CCNC(=O)C1(C(=O)NCCC(C)C)CC1. The maximum atomic E-state index is 12.1. The Bertz CT molecular complexity index is 292. The van der Waals surface area contributed by atoms with E-state index in [1.807, 2.05) is 0 Å². The maximum absolute atomic E-state index is 12.1. The molecule has 1 saturated carbocycles. The van der Waals surface area contributed by atoms with Gasteiger partial charge in [-0.1, -0.05) is 27.7 Å². The molecule has 0 aromatic rings. The Morgan fingerprint density at radius 3 is 1.53 bits per heavy atom. The minimum absolute atomic E-state index is 0.0878. The van der Waals surface area contributed by atoms with Gasteiger partial charge in [0.25, 0.3) is 0 Å². The molecule has 1 fully saturated rings. The lowest BCUT2D eigenvalue weighted by Crippen LogP contribution is -2.43. The van der Waals surface area contributed by atoms with Crippen LogP contribution in [0, 0.1) is 17.3 Å². The maximum Gasteiger partial charge on any atom is 0.235 e. The molecule has 0 aromatic heterocycles. The zero-order valence-corrected chi connectivity index (χ0v) is 12.7. The van der Waals surface area contributed by atoms with Crippen molar-refractivity contribution >= 4 is 11.8 Å². The standard InChI is InChI=1S/C15H28N2O2/c1-11(2)5-9-16-13(18)15(7-8-15)14(19)17-10-6-12(3)4/h11-12H,5-10H2,1-4H3,(H,16,18)(H,17,19). The summed E-state index contributed by atoms with van der Waals surface area (Å²) in [5.74, 6) is 0.955. The van der Waals surface area contributed by atoms with Gasteiger partial charge in [-0.15, -0.1) is 0 Å². The smallest absolute Gasteiger partial charge is 0.235 e. The van der Waals surface area contributed by atoms with Crippen LogP contribution in [0.5, 0.6) is 0 Å². The molecule has 110 valence electrons. The molecule has 0 aliphatic heterocycles. The van der Waals surface area contributed by atoms with Crippen LogP contribution >= 0.6 is 0 Å². The molecule has 0 heterocycles. The van der Waals surface area contributed by atoms with E-state index >= 15 is 0 Å². The van der Waals surface area contributed by atoms with Crippen LogP contribution in [-0.4, -0.2) is 24.9 Å². The fraction of sp³-hybridized carbons (Fsp3) is 0.867. The molecular formula is C15H28N2O2. The monoisotopic (exact) mass is 268 g/mol. The molecule has 1 rings (SSSR count). The minimum atomic E-state index is -0.756. The molecule has 4 heteroatoms. The first-order valence-corrected chi connectivity index (χ1v) is 7.45. The first-order valence-electron chi connectivity index (χ1n) is 7.45. The second-order valence-corrected chi connectivity index (χ2v) is 6.46. The lowest BCUT2D eigenvalue weighted by atomic mass is 10.0. The van der Waals surface area contributed by atoms with Crippen molar-refractivity contribution in [3.63, 3.8) is 0 Å². The van der Waals surface area contributed by atoms with E-state index in [4.69, 9.17) is 0 Å². The number of carbonyl (C=O) groups is 2. The zero-order chi connectivity index (χ0) is 14.5. The molecule has 2 N–H and O–H groups in total. The van der Waals surface area contributed by atoms with Gasteiger partial charge in [-0.3, -0.25) is 9.59 Å². The summed E-state index contributed by atoms with van der Waals surface area (Å²) in [4.78, 5) is 24.2. The summed E-state index contributed by atoms with van der Waals surface area (Å²) in [6, 6.07) is 0. The summed E-state index contributed by atoms with van der Waals surface area (Å²) in [5.41, 5.74) is -0.756. The van der Waals surface area contributed by atoms with Crippen molar-refractivity contribution in [3.05, 3.63) is 0 Å². The van der Waals surface area contributed by atoms with E-state index in [9.17, 15) is 9.59 Å². The van der Waals surface area contributed by atoms with Gasteiger partial charge in [-0.25, -0.2) is 0 Å². The van der Waals surface area contributed by atoms with Gasteiger partial charge < -0.3 is 10.6 Å². The molecule has 0 aromatic carbocycles. The Morgan fingerprint density at radius 1 is 0.895 bits per heavy atom. The highest BCUT2D eigenvalue weighted by Gasteiger charge is 2.56. The zero-order valence-electron chi connectivity index (χ0n) is 12.7. The highest BCUT2D eigenvalue weighted by atomic mass is 16.2. The van der Waals surface area contributed by atoms with Crippen molar-refractivity contribution in [1.82, 2.24) is 10.6 Å². The summed E-state index contributed by atoms with van der Waals surface area (Å²) in [6.07, 6.45) is 3.29. The Labute approximate surface area is 116 Å². The third kappa shape index (κ3) is 4.84. The summed E-state index contributed by atoms with van der Waals surface area (Å²) < 4.78 is 0. The van der Waals surface area contributed by atoms with E-state index in [0.717, 1.165) is 12.8 Å². The van der Waals surface area contributed by atoms with Crippen molar-refractivity contribution in [2.45, 2.75) is 53.4 Å². The van der Waals surface area contributed by atoms with Crippen LogP contribution < -0.4 is 10.6 Å². The second-order valence-electron chi connectivity index (χ2n) is 6.46. The molecule has 0 radical (unpaired) electrons. The van der Waals surface area contributed by atoms with Crippen molar-refractivity contribution < 1.29 is 9.59 Å². The van der Waals surface area contributed by atoms with Crippen molar-refractivity contribution in [2.24, 2.45) is 17.3 Å². The van der Waals surface area contributed by atoms with Gasteiger partial charge in [-0.05, 0) is 37.5 Å². The number of rotatable bonds is 8. The van der Waals surface area contributed by atoms with E-state index < -0.39 is 5.41 Å². The van der Waals surface area contributed by atoms with Gasteiger partial charge in [-0.2, -0.15) is 0 Å². The predicted molar refractivity (Wildman–Crippen MR) is 76.6 cm³/mol. The van der Waals surface area contributed by atoms with Crippen molar-refractivity contribution in [2.75, 3.05) is 13.1 Å². The van der Waals surface area contributed by atoms with Gasteiger partial charge in [0.15, 0.2) is 0 Å². The average molecular weight is 268 g/mol. The largest absolute Gasteiger partial charge is 0.355 e. The van der Waals surface area contributed by atoms with Crippen LogP contribution in [0.2, 0.25) is 0 Å². The Kier molecular flexibility index (Phi) is 5.83. The van der Waals surface area contributed by atoms with Crippen molar-refractivity contribution in [1.29, 1.82) is 0 Å². The second kappa shape index (κ2) is 6.92. The van der Waals surface area contributed by atoms with Crippen LogP contribution in [-0.2, 0) is 9.59 Å². The first kappa shape index (κ1) is 16.0. The summed E-state index contributed by atoms with van der Waals surface area (Å²) >= 11 is 0. The number of carbonyl (C=O) groups excluding carboxylic acids is 2. The predicted octanol–water partition coefficient (Wildman–Crippen LogP) is 2.09. The van der Waals surface area contributed by atoms with Crippen LogP contribution in [0.25, 0.3) is 0 Å². The van der Waals surface area contributed by atoms with Gasteiger partial charge in [0.05, 0.1) is 0 Å². The fourth-order valence-electron chi connectivity index (χ4n) is 1.97. The number of hydrogen-bond acceptors (Lipinski definition) is 2. The van der Waals surface area contributed by atoms with E-state index in [2.05, 4.69) is 38.3 Å². The molecule has 0 atom stereocenters. The fourth-order valence-corrected chi connectivity index (χ4v) is 1.97. The van der Waals surface area contributed by atoms with Crippen LogP contribution in [0.1, 0.15) is 53.4 Å². The topological polar surface area (TPSA) is 58.2 Å². The third-order valence-corrected chi connectivity index (χ3v) is 3.63. The Morgan fingerprint density at radius 2 is 1.26 bits per heavy atom. The van der Waals surface area contributed by atoms with Gasteiger partial charge in [0, 0.05) is 13.1 Å². The minimum Gasteiger partial charge on any atom is -0.355 e. The molecule has 0 saturated heterocycles.